The van der Waals surface area contributed by atoms with Gasteiger partial charge in [0.1, 0.15) is 5.75 Å². The maximum atomic E-state index is 12.6. The van der Waals surface area contributed by atoms with Crippen molar-refractivity contribution in [2.24, 2.45) is 0 Å². The number of nitrogens with zero attached hydrogens (tertiary/aromatic N) is 1. The number of carbonyl (C=O) groups excluding carboxylic acids is 1. The van der Waals surface area contributed by atoms with Crippen LogP contribution < -0.4 is 4.74 Å². The monoisotopic (exact) mass is 299 g/mol. The van der Waals surface area contributed by atoms with E-state index in [-0.39, 0.29) is 11.3 Å². The van der Waals surface area contributed by atoms with Gasteiger partial charge in [-0.05, 0) is 36.8 Å². The molecule has 4 heteroatoms. The van der Waals surface area contributed by atoms with Crippen LogP contribution in [0.5, 0.6) is 5.75 Å². The first-order valence-electron chi connectivity index (χ1n) is 6.88. The van der Waals surface area contributed by atoms with Crippen molar-refractivity contribution in [2.75, 3.05) is 7.11 Å². The molecule has 0 bridgehead atoms. The molecule has 2 aromatic rings. The van der Waals surface area contributed by atoms with Crippen LogP contribution in [0, 0.1) is 0 Å². The summed E-state index contributed by atoms with van der Waals surface area (Å²) in [6.45, 7) is 2.69. The van der Waals surface area contributed by atoms with Crippen molar-refractivity contribution in [1.29, 1.82) is 0 Å². The summed E-state index contributed by atoms with van der Waals surface area (Å²) in [5, 5.41) is 0.134. The number of carbonyl (C=O) groups is 1. The average Bonchev–Trinajstić information content (AvgIpc) is 2.52. The zero-order valence-electron chi connectivity index (χ0n) is 12.1. The van der Waals surface area contributed by atoms with E-state index in [4.69, 9.17) is 4.74 Å². The van der Waals surface area contributed by atoms with Gasteiger partial charge < -0.3 is 9.64 Å². The Kier molecular flexibility index (Phi) is 3.88. The molecule has 0 spiro atoms. The van der Waals surface area contributed by atoms with Gasteiger partial charge in [-0.15, -0.1) is 11.8 Å². The molecule has 0 aliphatic carbocycles. The Morgan fingerprint density at radius 1 is 1.14 bits per heavy atom. The van der Waals surface area contributed by atoms with Crippen molar-refractivity contribution in [3.05, 3.63) is 59.7 Å². The van der Waals surface area contributed by atoms with Crippen molar-refractivity contribution in [3.63, 3.8) is 0 Å². The number of amides is 1. The first-order chi connectivity index (χ1) is 10.2. The van der Waals surface area contributed by atoms with E-state index >= 15 is 0 Å². The molecule has 21 heavy (non-hydrogen) atoms. The molecule has 1 unspecified atom stereocenters. The predicted octanol–water partition coefficient (Wildman–Crippen LogP) is 3.79. The quantitative estimate of drug-likeness (QED) is 0.863. The maximum absolute atomic E-state index is 12.6. The van der Waals surface area contributed by atoms with E-state index in [1.807, 2.05) is 53.4 Å². The number of rotatable bonds is 3. The summed E-state index contributed by atoms with van der Waals surface area (Å²) in [6.07, 6.45) is 0. The number of benzene rings is 2. The molecular weight excluding hydrogens is 282 g/mol. The van der Waals surface area contributed by atoms with Crippen LogP contribution >= 0.6 is 11.8 Å². The van der Waals surface area contributed by atoms with Crippen LogP contribution in [0.15, 0.2) is 53.4 Å². The smallest absolute Gasteiger partial charge is 0.256 e. The maximum Gasteiger partial charge on any atom is 0.256 e. The Labute approximate surface area is 128 Å². The van der Waals surface area contributed by atoms with Crippen LogP contribution in [-0.4, -0.2) is 23.3 Å². The molecule has 0 saturated carbocycles. The summed E-state index contributed by atoms with van der Waals surface area (Å²) in [6, 6.07) is 15.7. The number of hydrogen-bond donors (Lipinski definition) is 0. The molecule has 3 nitrogen and oxygen atoms in total. The van der Waals surface area contributed by atoms with Gasteiger partial charge in [0, 0.05) is 11.4 Å². The molecule has 3 rings (SSSR count). The lowest BCUT2D eigenvalue weighted by Crippen LogP contribution is -2.39. The van der Waals surface area contributed by atoms with Gasteiger partial charge in [-0.2, -0.15) is 0 Å². The number of methoxy groups -OCH3 is 1. The first-order valence-corrected chi connectivity index (χ1v) is 7.76. The van der Waals surface area contributed by atoms with E-state index in [0.29, 0.717) is 6.54 Å². The third-order valence-electron chi connectivity index (χ3n) is 3.63. The number of thioether (sulfide) groups is 1. The van der Waals surface area contributed by atoms with Crippen molar-refractivity contribution in [1.82, 2.24) is 4.90 Å². The Morgan fingerprint density at radius 2 is 1.86 bits per heavy atom. The second-order valence-corrected chi connectivity index (χ2v) is 6.35. The van der Waals surface area contributed by atoms with Gasteiger partial charge in [-0.1, -0.05) is 24.3 Å². The summed E-state index contributed by atoms with van der Waals surface area (Å²) in [5.74, 6) is 0.934. The Hall–Kier alpha value is -1.94. The normalized spacial score (nSPS) is 17.5. The molecule has 0 N–H and O–H groups in total. The van der Waals surface area contributed by atoms with E-state index in [2.05, 4.69) is 6.92 Å². The molecule has 0 aromatic heterocycles. The van der Waals surface area contributed by atoms with Gasteiger partial charge in [0.15, 0.2) is 0 Å². The minimum absolute atomic E-state index is 0.104. The fourth-order valence-electron chi connectivity index (χ4n) is 2.44. The van der Waals surface area contributed by atoms with Gasteiger partial charge in [0.25, 0.3) is 5.91 Å². The SMILES string of the molecule is COc1ccc(CN2C(=O)c3ccccc3SC2C)cc1. The standard InChI is InChI=1S/C17H17NO2S/c1-12-18(11-13-7-9-14(20-2)10-8-13)17(19)15-5-3-4-6-16(15)21-12/h3-10,12H,11H2,1-2H3. The lowest BCUT2D eigenvalue weighted by Gasteiger charge is -2.34. The van der Waals surface area contributed by atoms with Crippen molar-refractivity contribution in [3.8, 4) is 5.75 Å². The van der Waals surface area contributed by atoms with Gasteiger partial charge in [0.2, 0.25) is 0 Å². The van der Waals surface area contributed by atoms with Gasteiger partial charge in [0.05, 0.1) is 18.0 Å². The topological polar surface area (TPSA) is 29.5 Å². The Bertz CT molecular complexity index is 654. The van der Waals surface area contributed by atoms with E-state index in [1.54, 1.807) is 18.9 Å². The molecule has 1 amide bonds. The second kappa shape index (κ2) is 5.82. The summed E-state index contributed by atoms with van der Waals surface area (Å²) in [4.78, 5) is 15.6. The zero-order valence-corrected chi connectivity index (χ0v) is 12.9. The summed E-state index contributed by atoms with van der Waals surface area (Å²) >= 11 is 1.73. The molecule has 1 aliphatic rings. The molecule has 0 radical (unpaired) electrons. The highest BCUT2D eigenvalue weighted by atomic mass is 32.2. The molecule has 1 heterocycles. The summed E-state index contributed by atoms with van der Waals surface area (Å²) in [7, 11) is 1.65. The minimum Gasteiger partial charge on any atom is -0.497 e. The third kappa shape index (κ3) is 2.76. The lowest BCUT2D eigenvalue weighted by molar-refractivity contribution is 0.0723. The van der Waals surface area contributed by atoms with E-state index in [1.165, 1.54) is 0 Å². The van der Waals surface area contributed by atoms with E-state index in [0.717, 1.165) is 21.8 Å². The number of ether oxygens (including phenoxy) is 1. The highest BCUT2D eigenvalue weighted by Crippen LogP contribution is 2.35. The van der Waals surface area contributed by atoms with Crippen LogP contribution in [0.25, 0.3) is 0 Å². The highest BCUT2D eigenvalue weighted by molar-refractivity contribution is 8.00. The largest absolute Gasteiger partial charge is 0.497 e. The van der Waals surface area contributed by atoms with E-state index in [9.17, 15) is 4.79 Å². The van der Waals surface area contributed by atoms with Gasteiger partial charge in [-0.3, -0.25) is 4.79 Å². The Balaban J connectivity index is 1.83. The van der Waals surface area contributed by atoms with Crippen LogP contribution in [0.2, 0.25) is 0 Å². The molecule has 1 atom stereocenters. The van der Waals surface area contributed by atoms with Gasteiger partial charge >= 0.3 is 0 Å². The van der Waals surface area contributed by atoms with Crippen molar-refractivity contribution >= 4 is 17.7 Å². The van der Waals surface area contributed by atoms with Crippen molar-refractivity contribution in [2.45, 2.75) is 23.7 Å². The Morgan fingerprint density at radius 3 is 2.57 bits per heavy atom. The summed E-state index contributed by atoms with van der Waals surface area (Å²) in [5.41, 5.74) is 1.91. The van der Waals surface area contributed by atoms with Crippen LogP contribution in [0.4, 0.5) is 0 Å². The van der Waals surface area contributed by atoms with Crippen LogP contribution in [0.3, 0.4) is 0 Å². The summed E-state index contributed by atoms with van der Waals surface area (Å²) < 4.78 is 5.16. The molecule has 0 fully saturated rings. The zero-order chi connectivity index (χ0) is 14.8. The fourth-order valence-corrected chi connectivity index (χ4v) is 3.55. The molecule has 0 saturated heterocycles. The molecule has 108 valence electrons. The average molecular weight is 299 g/mol. The number of fused-ring (bicyclic) bond motifs is 1. The highest BCUT2D eigenvalue weighted by Gasteiger charge is 2.29. The molecule has 1 aliphatic heterocycles. The fraction of sp³-hybridized carbons (Fsp3) is 0.235. The first kappa shape index (κ1) is 14.0. The predicted molar refractivity (Wildman–Crippen MR) is 84.6 cm³/mol. The minimum atomic E-state index is 0.104. The molecule has 2 aromatic carbocycles. The molecular formula is C17H17NO2S. The van der Waals surface area contributed by atoms with Gasteiger partial charge in [-0.25, -0.2) is 0 Å². The van der Waals surface area contributed by atoms with Crippen molar-refractivity contribution < 1.29 is 9.53 Å². The number of hydrogen-bond acceptors (Lipinski definition) is 3. The van der Waals surface area contributed by atoms with Crippen LogP contribution in [0.1, 0.15) is 22.8 Å². The lowest BCUT2D eigenvalue weighted by atomic mass is 10.1. The van der Waals surface area contributed by atoms with E-state index < -0.39 is 0 Å². The second-order valence-electron chi connectivity index (χ2n) is 4.99. The third-order valence-corrected chi connectivity index (χ3v) is 4.83. The van der Waals surface area contributed by atoms with Crippen LogP contribution in [-0.2, 0) is 6.54 Å².